The fourth-order valence-corrected chi connectivity index (χ4v) is 2.98. The number of carbonyl (C=O) groups is 1. The van der Waals surface area contributed by atoms with Gasteiger partial charge in [0.1, 0.15) is 16.0 Å². The topological polar surface area (TPSA) is 48.4 Å². The fourth-order valence-electron chi connectivity index (χ4n) is 1.92. The molecule has 2 rings (SSSR count). The van der Waals surface area contributed by atoms with Crippen LogP contribution in [0.1, 0.15) is 39.0 Å². The zero-order chi connectivity index (χ0) is 14.5. The van der Waals surface area contributed by atoms with Gasteiger partial charge in [-0.25, -0.2) is 9.78 Å². The van der Waals surface area contributed by atoms with Crippen LogP contribution in [-0.2, 0) is 9.47 Å². The summed E-state index contributed by atoms with van der Waals surface area (Å²) >= 11 is 1.32. The summed E-state index contributed by atoms with van der Waals surface area (Å²) in [4.78, 5) is 16.7. The number of hydrogen-bond donors (Lipinski definition) is 0. The third-order valence-corrected chi connectivity index (χ3v) is 4.02. The third-order valence-electron chi connectivity index (χ3n) is 2.84. The number of thiazole rings is 1. The number of hydrogen-bond acceptors (Lipinski definition) is 5. The first-order chi connectivity index (χ1) is 9.67. The first-order valence-corrected chi connectivity index (χ1v) is 7.21. The molecule has 1 heterocycles. The summed E-state index contributed by atoms with van der Waals surface area (Å²) in [6.07, 6.45) is -0.247. The van der Waals surface area contributed by atoms with E-state index in [0.717, 1.165) is 10.6 Å². The standard InChI is InChI=1S/C15H17NO3S/c1-4-19-12(11-8-6-5-7-9-11)14-16-10(2)13(20-14)15(17)18-3/h5-9,12H,4H2,1-3H3. The van der Waals surface area contributed by atoms with E-state index in [4.69, 9.17) is 9.47 Å². The van der Waals surface area contributed by atoms with E-state index < -0.39 is 0 Å². The molecule has 0 aliphatic heterocycles. The Kier molecular flexibility index (Phi) is 4.87. The minimum absolute atomic E-state index is 0.247. The van der Waals surface area contributed by atoms with E-state index in [-0.39, 0.29) is 12.1 Å². The van der Waals surface area contributed by atoms with Gasteiger partial charge in [-0.1, -0.05) is 30.3 Å². The molecule has 4 nitrogen and oxygen atoms in total. The highest BCUT2D eigenvalue weighted by Crippen LogP contribution is 2.31. The zero-order valence-electron chi connectivity index (χ0n) is 11.8. The molecule has 0 saturated carbocycles. The fraction of sp³-hybridized carbons (Fsp3) is 0.333. The zero-order valence-corrected chi connectivity index (χ0v) is 12.6. The molecular weight excluding hydrogens is 274 g/mol. The van der Waals surface area contributed by atoms with E-state index >= 15 is 0 Å². The van der Waals surface area contributed by atoms with Gasteiger partial charge in [-0.05, 0) is 19.4 Å². The Morgan fingerprint density at radius 1 is 1.35 bits per heavy atom. The van der Waals surface area contributed by atoms with Crippen molar-refractivity contribution >= 4 is 17.3 Å². The first kappa shape index (κ1) is 14.7. The molecule has 2 aromatic rings. The van der Waals surface area contributed by atoms with Crippen LogP contribution in [0.25, 0.3) is 0 Å². The average molecular weight is 291 g/mol. The Bertz CT molecular complexity index is 580. The van der Waals surface area contributed by atoms with Crippen molar-refractivity contribution in [1.29, 1.82) is 0 Å². The monoisotopic (exact) mass is 291 g/mol. The van der Waals surface area contributed by atoms with Crippen LogP contribution < -0.4 is 0 Å². The van der Waals surface area contributed by atoms with Crippen LogP contribution in [0.4, 0.5) is 0 Å². The smallest absolute Gasteiger partial charge is 0.349 e. The number of ether oxygens (including phenoxy) is 2. The molecule has 0 N–H and O–H groups in total. The predicted octanol–water partition coefficient (Wildman–Crippen LogP) is 3.36. The van der Waals surface area contributed by atoms with E-state index in [1.165, 1.54) is 18.4 Å². The molecule has 0 fully saturated rings. The Hall–Kier alpha value is -1.72. The van der Waals surface area contributed by atoms with Crippen LogP contribution in [-0.4, -0.2) is 24.7 Å². The summed E-state index contributed by atoms with van der Waals surface area (Å²) in [5.41, 5.74) is 1.71. The van der Waals surface area contributed by atoms with Crippen molar-refractivity contribution in [2.75, 3.05) is 13.7 Å². The quantitative estimate of drug-likeness (QED) is 0.793. The highest BCUT2D eigenvalue weighted by atomic mass is 32.1. The molecule has 5 heteroatoms. The summed E-state index contributed by atoms with van der Waals surface area (Å²) in [5, 5.41) is 0.774. The van der Waals surface area contributed by atoms with Crippen LogP contribution in [0.5, 0.6) is 0 Å². The summed E-state index contributed by atoms with van der Waals surface area (Å²) in [6.45, 7) is 4.32. The van der Waals surface area contributed by atoms with Crippen molar-refractivity contribution < 1.29 is 14.3 Å². The van der Waals surface area contributed by atoms with E-state index in [9.17, 15) is 4.79 Å². The summed E-state index contributed by atoms with van der Waals surface area (Å²) in [7, 11) is 1.37. The van der Waals surface area contributed by atoms with Gasteiger partial charge in [0, 0.05) is 6.61 Å². The molecule has 1 unspecified atom stereocenters. The maximum atomic E-state index is 11.7. The first-order valence-electron chi connectivity index (χ1n) is 6.39. The van der Waals surface area contributed by atoms with Gasteiger partial charge < -0.3 is 9.47 Å². The molecule has 0 aliphatic carbocycles. The Balaban J connectivity index is 2.38. The molecule has 0 saturated heterocycles. The molecule has 0 amide bonds. The molecule has 1 aromatic carbocycles. The van der Waals surface area contributed by atoms with Crippen LogP contribution >= 0.6 is 11.3 Å². The van der Waals surface area contributed by atoms with Gasteiger partial charge in [-0.15, -0.1) is 11.3 Å². The second kappa shape index (κ2) is 6.63. The van der Waals surface area contributed by atoms with Gasteiger partial charge in [-0.2, -0.15) is 0 Å². The molecular formula is C15H17NO3S. The molecule has 0 bridgehead atoms. The van der Waals surface area contributed by atoms with Crippen molar-refractivity contribution in [2.24, 2.45) is 0 Å². The molecule has 1 atom stereocenters. The Labute approximate surface area is 122 Å². The number of aryl methyl sites for hydroxylation is 1. The normalized spacial score (nSPS) is 12.2. The van der Waals surface area contributed by atoms with E-state index in [1.54, 1.807) is 6.92 Å². The second-order valence-corrected chi connectivity index (χ2v) is 5.23. The third kappa shape index (κ3) is 3.05. The molecule has 0 radical (unpaired) electrons. The highest BCUT2D eigenvalue weighted by molar-refractivity contribution is 7.13. The molecule has 20 heavy (non-hydrogen) atoms. The summed E-state index contributed by atoms with van der Waals surface area (Å²) < 4.78 is 10.6. The van der Waals surface area contributed by atoms with Crippen LogP contribution in [0.2, 0.25) is 0 Å². The van der Waals surface area contributed by atoms with Gasteiger partial charge in [0.05, 0.1) is 12.8 Å². The van der Waals surface area contributed by atoms with E-state index in [0.29, 0.717) is 17.2 Å². The number of esters is 1. The highest BCUT2D eigenvalue weighted by Gasteiger charge is 2.23. The Morgan fingerprint density at radius 3 is 2.65 bits per heavy atom. The summed E-state index contributed by atoms with van der Waals surface area (Å²) in [5.74, 6) is -0.352. The minimum Gasteiger partial charge on any atom is -0.465 e. The number of rotatable bonds is 5. The minimum atomic E-state index is -0.352. The second-order valence-electron chi connectivity index (χ2n) is 4.20. The van der Waals surface area contributed by atoms with Gasteiger partial charge in [0.15, 0.2) is 0 Å². The number of methoxy groups -OCH3 is 1. The lowest BCUT2D eigenvalue weighted by Gasteiger charge is -2.14. The number of aromatic nitrogens is 1. The lowest BCUT2D eigenvalue weighted by atomic mass is 10.1. The van der Waals surface area contributed by atoms with Crippen molar-refractivity contribution in [2.45, 2.75) is 20.0 Å². The lowest BCUT2D eigenvalue weighted by Crippen LogP contribution is -2.05. The van der Waals surface area contributed by atoms with Crippen molar-refractivity contribution in [3.63, 3.8) is 0 Å². The van der Waals surface area contributed by atoms with Crippen molar-refractivity contribution in [1.82, 2.24) is 4.98 Å². The van der Waals surface area contributed by atoms with E-state index in [2.05, 4.69) is 4.98 Å². The van der Waals surface area contributed by atoms with Gasteiger partial charge >= 0.3 is 5.97 Å². The summed E-state index contributed by atoms with van der Waals surface area (Å²) in [6, 6.07) is 9.87. The van der Waals surface area contributed by atoms with Gasteiger partial charge in [0.2, 0.25) is 0 Å². The number of carbonyl (C=O) groups excluding carboxylic acids is 1. The molecule has 0 spiro atoms. The molecule has 106 valence electrons. The Morgan fingerprint density at radius 2 is 2.05 bits per heavy atom. The number of benzene rings is 1. The van der Waals surface area contributed by atoms with Gasteiger partial charge in [-0.3, -0.25) is 0 Å². The largest absolute Gasteiger partial charge is 0.465 e. The maximum absolute atomic E-state index is 11.7. The van der Waals surface area contributed by atoms with Crippen LogP contribution in [0.15, 0.2) is 30.3 Å². The SMILES string of the molecule is CCOC(c1ccccc1)c1nc(C)c(C(=O)OC)s1. The van der Waals surface area contributed by atoms with E-state index in [1.807, 2.05) is 37.3 Å². The molecule has 1 aromatic heterocycles. The van der Waals surface area contributed by atoms with Crippen molar-refractivity contribution in [3.8, 4) is 0 Å². The van der Waals surface area contributed by atoms with Crippen LogP contribution in [0, 0.1) is 6.92 Å². The average Bonchev–Trinajstić information content (AvgIpc) is 2.86. The number of nitrogens with zero attached hydrogens (tertiary/aromatic N) is 1. The lowest BCUT2D eigenvalue weighted by molar-refractivity contribution is 0.0605. The maximum Gasteiger partial charge on any atom is 0.349 e. The van der Waals surface area contributed by atoms with Crippen LogP contribution in [0.3, 0.4) is 0 Å². The van der Waals surface area contributed by atoms with Gasteiger partial charge in [0.25, 0.3) is 0 Å². The predicted molar refractivity (Wildman–Crippen MR) is 78.1 cm³/mol. The van der Waals surface area contributed by atoms with Crippen molar-refractivity contribution in [3.05, 3.63) is 51.5 Å². The molecule has 0 aliphatic rings.